The summed E-state index contributed by atoms with van der Waals surface area (Å²) in [5.41, 5.74) is 2.38. The Hall–Kier alpha value is -2.96. The fourth-order valence-corrected chi connectivity index (χ4v) is 3.47. The number of rotatable bonds is 2. The summed E-state index contributed by atoms with van der Waals surface area (Å²) < 4.78 is 2.90. The Kier molecular flexibility index (Phi) is 3.63. The predicted molar refractivity (Wildman–Crippen MR) is 94.5 cm³/mol. The van der Waals surface area contributed by atoms with Gasteiger partial charge in [0, 0.05) is 18.8 Å². The van der Waals surface area contributed by atoms with Crippen molar-refractivity contribution in [3.8, 4) is 0 Å². The molecule has 1 aromatic carbocycles. The normalized spacial score (nSPS) is 16.9. The Morgan fingerprint density at radius 2 is 2.12 bits per heavy atom. The van der Waals surface area contributed by atoms with Gasteiger partial charge in [-0.05, 0) is 31.4 Å². The Balaban J connectivity index is 1.69. The lowest BCUT2D eigenvalue weighted by molar-refractivity contribution is -0.119. The van der Waals surface area contributed by atoms with Crippen LogP contribution >= 0.6 is 0 Å². The molecular formula is C18H19N5O2. The zero-order valence-corrected chi connectivity index (χ0v) is 14.2. The molecule has 3 heterocycles. The summed E-state index contributed by atoms with van der Waals surface area (Å²) in [6.07, 6.45) is 4.79. The van der Waals surface area contributed by atoms with Crippen LogP contribution in [0.4, 0.5) is 5.69 Å². The summed E-state index contributed by atoms with van der Waals surface area (Å²) in [6.45, 7) is 2.01. The molecule has 0 spiro atoms. The third kappa shape index (κ3) is 2.52. The topological polar surface area (TPSA) is 73.0 Å². The first-order valence-corrected chi connectivity index (χ1v) is 8.33. The highest BCUT2D eigenvalue weighted by Crippen LogP contribution is 2.30. The fourth-order valence-electron chi connectivity index (χ4n) is 3.47. The highest BCUT2D eigenvalue weighted by molar-refractivity contribution is 5.95. The number of hydrogen-bond donors (Lipinski definition) is 0. The minimum absolute atomic E-state index is 0.0324. The maximum absolute atomic E-state index is 13.0. The minimum atomic E-state index is -0.246. The van der Waals surface area contributed by atoms with E-state index in [-0.39, 0.29) is 24.1 Å². The first-order chi connectivity index (χ1) is 12.1. The zero-order valence-electron chi connectivity index (χ0n) is 14.2. The molecule has 7 heteroatoms. The molecule has 0 N–H and O–H groups in total. The van der Waals surface area contributed by atoms with Crippen molar-refractivity contribution in [2.24, 2.45) is 7.05 Å². The van der Waals surface area contributed by atoms with Gasteiger partial charge in [0.05, 0.1) is 6.20 Å². The van der Waals surface area contributed by atoms with Gasteiger partial charge < -0.3 is 4.90 Å². The van der Waals surface area contributed by atoms with Crippen molar-refractivity contribution in [3.63, 3.8) is 0 Å². The van der Waals surface area contributed by atoms with E-state index in [4.69, 9.17) is 0 Å². The summed E-state index contributed by atoms with van der Waals surface area (Å²) >= 11 is 0. The molecule has 0 fully saturated rings. The SMILES string of the molecule is C[C@@H]1CCc2ccccc2N1C(=O)Cn1cnc2c(cnn2C)c1=O. The van der Waals surface area contributed by atoms with Gasteiger partial charge in [-0.1, -0.05) is 18.2 Å². The van der Waals surface area contributed by atoms with Crippen LogP contribution in [0.2, 0.25) is 0 Å². The van der Waals surface area contributed by atoms with Crippen LogP contribution in [0.15, 0.2) is 41.6 Å². The van der Waals surface area contributed by atoms with Crippen LogP contribution < -0.4 is 10.5 Å². The molecule has 0 unspecified atom stereocenters. The first kappa shape index (κ1) is 15.6. The van der Waals surface area contributed by atoms with E-state index in [9.17, 15) is 9.59 Å². The molecule has 25 heavy (non-hydrogen) atoms. The zero-order chi connectivity index (χ0) is 17.6. The molecular weight excluding hydrogens is 318 g/mol. The highest BCUT2D eigenvalue weighted by atomic mass is 16.2. The van der Waals surface area contributed by atoms with Gasteiger partial charge in [-0.15, -0.1) is 0 Å². The van der Waals surface area contributed by atoms with E-state index in [1.807, 2.05) is 25.1 Å². The number of para-hydroxylation sites is 1. The molecule has 4 rings (SSSR count). The maximum atomic E-state index is 13.0. The van der Waals surface area contributed by atoms with Crippen LogP contribution in [0.1, 0.15) is 18.9 Å². The van der Waals surface area contributed by atoms with Crippen LogP contribution in [0.25, 0.3) is 11.0 Å². The van der Waals surface area contributed by atoms with Crippen molar-refractivity contribution >= 4 is 22.6 Å². The second kappa shape index (κ2) is 5.84. The average Bonchev–Trinajstić information content (AvgIpc) is 2.99. The molecule has 0 aliphatic carbocycles. The van der Waals surface area contributed by atoms with Crippen molar-refractivity contribution < 1.29 is 4.79 Å². The van der Waals surface area contributed by atoms with Crippen molar-refractivity contribution in [1.82, 2.24) is 19.3 Å². The number of carbonyl (C=O) groups is 1. The number of nitrogens with zero attached hydrogens (tertiary/aromatic N) is 5. The van der Waals surface area contributed by atoms with Gasteiger partial charge in [0.15, 0.2) is 5.65 Å². The second-order valence-electron chi connectivity index (χ2n) is 6.46. The van der Waals surface area contributed by atoms with Gasteiger partial charge in [-0.25, -0.2) is 4.98 Å². The number of anilines is 1. The van der Waals surface area contributed by atoms with E-state index < -0.39 is 0 Å². The number of benzene rings is 1. The van der Waals surface area contributed by atoms with E-state index >= 15 is 0 Å². The molecule has 0 radical (unpaired) electrons. The van der Waals surface area contributed by atoms with Crippen molar-refractivity contribution in [1.29, 1.82) is 0 Å². The summed E-state index contributed by atoms with van der Waals surface area (Å²) in [4.78, 5) is 31.6. The monoisotopic (exact) mass is 337 g/mol. The number of hydrogen-bond acceptors (Lipinski definition) is 4. The van der Waals surface area contributed by atoms with Gasteiger partial charge in [-0.3, -0.25) is 18.8 Å². The average molecular weight is 337 g/mol. The van der Waals surface area contributed by atoms with Crippen molar-refractivity contribution in [3.05, 3.63) is 52.7 Å². The lowest BCUT2D eigenvalue weighted by Crippen LogP contribution is -2.44. The van der Waals surface area contributed by atoms with Gasteiger partial charge in [-0.2, -0.15) is 5.10 Å². The van der Waals surface area contributed by atoms with Gasteiger partial charge in [0.2, 0.25) is 5.91 Å². The van der Waals surface area contributed by atoms with Crippen LogP contribution in [-0.2, 0) is 24.8 Å². The Morgan fingerprint density at radius 1 is 1.32 bits per heavy atom. The highest BCUT2D eigenvalue weighted by Gasteiger charge is 2.28. The Morgan fingerprint density at radius 3 is 2.96 bits per heavy atom. The van der Waals surface area contributed by atoms with E-state index in [1.165, 1.54) is 22.7 Å². The van der Waals surface area contributed by atoms with Gasteiger partial charge in [0.25, 0.3) is 5.56 Å². The molecule has 7 nitrogen and oxygen atoms in total. The van der Waals surface area contributed by atoms with Crippen molar-refractivity contribution in [2.75, 3.05) is 4.90 Å². The second-order valence-corrected chi connectivity index (χ2v) is 6.46. The molecule has 0 bridgehead atoms. The van der Waals surface area contributed by atoms with Crippen LogP contribution in [0.3, 0.4) is 0 Å². The third-order valence-corrected chi connectivity index (χ3v) is 4.82. The van der Waals surface area contributed by atoms with Crippen molar-refractivity contribution in [2.45, 2.75) is 32.4 Å². The van der Waals surface area contributed by atoms with E-state index in [2.05, 4.69) is 16.1 Å². The molecule has 2 aromatic heterocycles. The molecule has 3 aromatic rings. The molecule has 0 saturated heterocycles. The summed E-state index contributed by atoms with van der Waals surface area (Å²) in [5, 5.41) is 4.48. The predicted octanol–water partition coefficient (Wildman–Crippen LogP) is 1.50. The molecule has 1 aliphatic heterocycles. The smallest absolute Gasteiger partial charge is 0.264 e. The van der Waals surface area contributed by atoms with E-state index in [0.29, 0.717) is 11.0 Å². The largest absolute Gasteiger partial charge is 0.308 e. The molecule has 1 amide bonds. The van der Waals surface area contributed by atoms with Crippen LogP contribution in [0.5, 0.6) is 0 Å². The molecule has 0 saturated carbocycles. The minimum Gasteiger partial charge on any atom is -0.308 e. The first-order valence-electron chi connectivity index (χ1n) is 8.33. The fraction of sp³-hybridized carbons (Fsp3) is 0.333. The molecule has 128 valence electrons. The van der Waals surface area contributed by atoms with Gasteiger partial charge >= 0.3 is 0 Å². The summed E-state index contributed by atoms with van der Waals surface area (Å²) in [7, 11) is 1.73. The standard InChI is InChI=1S/C18H19N5O2/c1-12-7-8-13-5-3-4-6-15(13)23(12)16(24)10-22-11-19-17-14(18(22)25)9-20-21(17)2/h3-6,9,11-12H,7-8,10H2,1-2H3/t12-/m1/s1. The number of amides is 1. The maximum Gasteiger partial charge on any atom is 0.264 e. The number of aromatic nitrogens is 4. The number of carbonyl (C=O) groups excluding carboxylic acids is 1. The Bertz CT molecular complexity index is 1020. The Labute approximate surface area is 144 Å². The number of fused-ring (bicyclic) bond motifs is 2. The molecule has 1 atom stereocenters. The van der Waals surface area contributed by atoms with E-state index in [0.717, 1.165) is 18.5 Å². The molecule has 1 aliphatic rings. The quantitative estimate of drug-likeness (QED) is 0.710. The van der Waals surface area contributed by atoms with Crippen LogP contribution in [-0.4, -0.2) is 31.3 Å². The third-order valence-electron chi connectivity index (χ3n) is 4.82. The summed E-state index contributed by atoms with van der Waals surface area (Å²) in [5.74, 6) is -0.105. The van der Waals surface area contributed by atoms with E-state index in [1.54, 1.807) is 16.6 Å². The number of aryl methyl sites for hydroxylation is 2. The lowest BCUT2D eigenvalue weighted by Gasteiger charge is -2.35. The summed E-state index contributed by atoms with van der Waals surface area (Å²) in [6, 6.07) is 8.05. The van der Waals surface area contributed by atoms with Crippen LogP contribution in [0, 0.1) is 0 Å². The van der Waals surface area contributed by atoms with Gasteiger partial charge in [0.1, 0.15) is 18.3 Å². The lowest BCUT2D eigenvalue weighted by atomic mass is 9.96.